The third-order valence-electron chi connectivity index (χ3n) is 4.21. The van der Waals surface area contributed by atoms with E-state index in [0.29, 0.717) is 11.5 Å². The lowest BCUT2D eigenvalue weighted by Crippen LogP contribution is -2.20. The number of hydrogen-bond acceptors (Lipinski definition) is 5. The molecule has 1 N–H and O–H groups in total. The van der Waals surface area contributed by atoms with Crippen molar-refractivity contribution in [3.63, 3.8) is 0 Å². The number of aromatic nitrogens is 1. The Bertz CT molecular complexity index is 804. The van der Waals surface area contributed by atoms with Crippen LogP contribution < -0.4 is 14.9 Å². The van der Waals surface area contributed by atoms with E-state index in [4.69, 9.17) is 9.47 Å². The zero-order valence-corrected chi connectivity index (χ0v) is 14.5. The Hall–Kier alpha value is -2.89. The lowest BCUT2D eigenvalue weighted by molar-refractivity contribution is -0.122. The van der Waals surface area contributed by atoms with E-state index < -0.39 is 0 Å². The molecule has 0 bridgehead atoms. The summed E-state index contributed by atoms with van der Waals surface area (Å²) in [5.74, 6) is 1.32. The second kappa shape index (κ2) is 7.34. The van der Waals surface area contributed by atoms with Crippen molar-refractivity contribution in [2.75, 3.05) is 14.2 Å². The molecule has 1 aliphatic rings. The van der Waals surface area contributed by atoms with Gasteiger partial charge in [0.15, 0.2) is 11.5 Å². The Balaban J connectivity index is 1.57. The highest BCUT2D eigenvalue weighted by Crippen LogP contribution is 2.46. The highest BCUT2D eigenvalue weighted by atomic mass is 16.5. The number of benzene rings is 1. The molecule has 0 aliphatic heterocycles. The zero-order valence-electron chi connectivity index (χ0n) is 14.5. The molecule has 3 rings (SSSR count). The van der Waals surface area contributed by atoms with E-state index in [1.54, 1.807) is 32.6 Å². The molecule has 6 heteroatoms. The Morgan fingerprint density at radius 2 is 2.04 bits per heavy atom. The summed E-state index contributed by atoms with van der Waals surface area (Å²) < 4.78 is 10.4. The number of ether oxygens (including phenoxy) is 2. The second-order valence-electron chi connectivity index (χ2n) is 6.00. The second-order valence-corrected chi connectivity index (χ2v) is 6.00. The summed E-state index contributed by atoms with van der Waals surface area (Å²) >= 11 is 0. The van der Waals surface area contributed by atoms with Gasteiger partial charge in [0.25, 0.3) is 0 Å². The molecule has 2 aromatic rings. The molecule has 6 nitrogen and oxygen atoms in total. The first-order chi connectivity index (χ1) is 12.1. The lowest BCUT2D eigenvalue weighted by Gasteiger charge is -2.07. The number of hydrogen-bond donors (Lipinski definition) is 1. The van der Waals surface area contributed by atoms with Gasteiger partial charge in [-0.05, 0) is 49.2 Å². The molecule has 1 aliphatic carbocycles. The average Bonchev–Trinajstić information content (AvgIpc) is 3.42. The maximum atomic E-state index is 12.2. The van der Waals surface area contributed by atoms with E-state index in [-0.39, 0.29) is 17.7 Å². The highest BCUT2D eigenvalue weighted by Gasteiger charge is 2.44. The topological polar surface area (TPSA) is 72.8 Å². The summed E-state index contributed by atoms with van der Waals surface area (Å²) in [7, 11) is 3.16. The average molecular weight is 339 g/mol. The minimum atomic E-state index is -0.0787. The van der Waals surface area contributed by atoms with Crippen LogP contribution in [0.2, 0.25) is 0 Å². The predicted octanol–water partition coefficient (Wildman–Crippen LogP) is 2.66. The first kappa shape index (κ1) is 17.0. The Morgan fingerprint density at radius 3 is 2.76 bits per heavy atom. The quantitative estimate of drug-likeness (QED) is 0.649. The van der Waals surface area contributed by atoms with Crippen molar-refractivity contribution in [2.24, 2.45) is 11.0 Å². The standard InChI is InChI=1S/C19H21N3O3/c1-12-5-4-6-16(21-12)14-10-15(14)19(23)22-20-11-13-7-8-17(24-2)18(9-13)25-3/h4-9,11,14-15H,10H2,1-3H3,(H,22,23)/b20-11+. The summed E-state index contributed by atoms with van der Waals surface area (Å²) in [6.45, 7) is 1.95. The Labute approximate surface area is 146 Å². The van der Waals surface area contributed by atoms with Gasteiger partial charge in [-0.3, -0.25) is 9.78 Å². The number of nitrogens with one attached hydrogen (secondary N) is 1. The number of rotatable bonds is 6. The van der Waals surface area contributed by atoms with Gasteiger partial charge in [0, 0.05) is 23.2 Å². The largest absolute Gasteiger partial charge is 0.493 e. The van der Waals surface area contributed by atoms with Crippen molar-refractivity contribution >= 4 is 12.1 Å². The van der Waals surface area contributed by atoms with Gasteiger partial charge in [-0.1, -0.05) is 6.07 Å². The molecule has 130 valence electrons. The molecule has 1 fully saturated rings. The fourth-order valence-corrected chi connectivity index (χ4v) is 2.77. The van der Waals surface area contributed by atoms with E-state index in [9.17, 15) is 4.79 Å². The van der Waals surface area contributed by atoms with Crippen LogP contribution in [0.4, 0.5) is 0 Å². The monoisotopic (exact) mass is 339 g/mol. The molecule has 1 aromatic heterocycles. The number of carbonyl (C=O) groups excluding carboxylic acids is 1. The van der Waals surface area contributed by atoms with Gasteiger partial charge < -0.3 is 9.47 Å². The maximum Gasteiger partial charge on any atom is 0.243 e. The SMILES string of the molecule is COc1ccc(/C=N/NC(=O)C2CC2c2cccc(C)n2)cc1OC. The van der Waals surface area contributed by atoms with Crippen molar-refractivity contribution in [3.8, 4) is 11.5 Å². The van der Waals surface area contributed by atoms with Crippen LogP contribution in [-0.2, 0) is 4.79 Å². The number of amides is 1. The van der Waals surface area contributed by atoms with Crippen molar-refractivity contribution < 1.29 is 14.3 Å². The number of aryl methyl sites for hydroxylation is 1. The fourth-order valence-electron chi connectivity index (χ4n) is 2.77. The molecule has 2 atom stereocenters. The molecule has 25 heavy (non-hydrogen) atoms. The normalized spacial score (nSPS) is 18.8. The van der Waals surface area contributed by atoms with Gasteiger partial charge in [-0.25, -0.2) is 5.43 Å². The number of pyridine rings is 1. The number of carbonyl (C=O) groups is 1. The van der Waals surface area contributed by atoms with Crippen LogP contribution in [-0.4, -0.2) is 31.3 Å². The van der Waals surface area contributed by atoms with E-state index >= 15 is 0 Å². The molecule has 0 spiro atoms. The van der Waals surface area contributed by atoms with Crippen molar-refractivity contribution in [1.29, 1.82) is 0 Å². The van der Waals surface area contributed by atoms with Crippen molar-refractivity contribution in [3.05, 3.63) is 53.3 Å². The summed E-state index contributed by atoms with van der Waals surface area (Å²) in [4.78, 5) is 16.7. The Morgan fingerprint density at radius 1 is 1.24 bits per heavy atom. The molecule has 2 unspecified atom stereocenters. The third kappa shape index (κ3) is 3.96. The van der Waals surface area contributed by atoms with Gasteiger partial charge in [-0.15, -0.1) is 0 Å². The van der Waals surface area contributed by atoms with Gasteiger partial charge in [0.1, 0.15) is 0 Å². The molecule has 1 heterocycles. The maximum absolute atomic E-state index is 12.2. The van der Waals surface area contributed by atoms with E-state index in [1.807, 2.05) is 31.2 Å². The smallest absolute Gasteiger partial charge is 0.243 e. The summed E-state index contributed by atoms with van der Waals surface area (Å²) in [6, 6.07) is 11.3. The first-order valence-corrected chi connectivity index (χ1v) is 8.11. The molecular weight excluding hydrogens is 318 g/mol. The van der Waals surface area contributed by atoms with Crippen molar-refractivity contribution in [2.45, 2.75) is 19.3 Å². The first-order valence-electron chi connectivity index (χ1n) is 8.11. The van der Waals surface area contributed by atoms with E-state index in [0.717, 1.165) is 23.4 Å². The minimum absolute atomic E-state index is 0.0585. The molecule has 1 amide bonds. The van der Waals surface area contributed by atoms with Crippen LogP contribution in [0.5, 0.6) is 11.5 Å². The molecular formula is C19H21N3O3. The van der Waals surface area contributed by atoms with Crippen molar-refractivity contribution in [1.82, 2.24) is 10.4 Å². The fraction of sp³-hybridized carbons (Fsp3) is 0.316. The van der Waals surface area contributed by atoms with Gasteiger partial charge >= 0.3 is 0 Å². The van der Waals surface area contributed by atoms with Crippen LogP contribution in [0.1, 0.15) is 29.3 Å². The molecule has 0 radical (unpaired) electrons. The van der Waals surface area contributed by atoms with Crippen LogP contribution in [0.15, 0.2) is 41.5 Å². The third-order valence-corrected chi connectivity index (χ3v) is 4.21. The number of methoxy groups -OCH3 is 2. The minimum Gasteiger partial charge on any atom is -0.493 e. The molecule has 1 aromatic carbocycles. The van der Waals surface area contributed by atoms with Gasteiger partial charge in [-0.2, -0.15) is 5.10 Å². The lowest BCUT2D eigenvalue weighted by atomic mass is 10.2. The van der Waals surface area contributed by atoms with Crippen LogP contribution >= 0.6 is 0 Å². The van der Waals surface area contributed by atoms with E-state index in [2.05, 4.69) is 15.5 Å². The number of hydrazone groups is 1. The van der Waals surface area contributed by atoms with Crippen LogP contribution in [0, 0.1) is 12.8 Å². The number of nitrogens with zero attached hydrogens (tertiary/aromatic N) is 2. The summed E-state index contributed by atoms with van der Waals surface area (Å²) in [6.07, 6.45) is 2.40. The Kier molecular flexibility index (Phi) is 4.97. The van der Waals surface area contributed by atoms with Crippen LogP contribution in [0.3, 0.4) is 0 Å². The summed E-state index contributed by atoms with van der Waals surface area (Å²) in [5.41, 5.74) is 5.36. The summed E-state index contributed by atoms with van der Waals surface area (Å²) in [5, 5.41) is 4.04. The zero-order chi connectivity index (χ0) is 17.8. The predicted molar refractivity (Wildman–Crippen MR) is 95.1 cm³/mol. The highest BCUT2D eigenvalue weighted by molar-refractivity contribution is 5.85. The van der Waals surface area contributed by atoms with Crippen LogP contribution in [0.25, 0.3) is 0 Å². The molecule has 1 saturated carbocycles. The van der Waals surface area contributed by atoms with E-state index in [1.165, 1.54) is 0 Å². The van der Waals surface area contributed by atoms with Gasteiger partial charge in [0.05, 0.1) is 20.4 Å². The van der Waals surface area contributed by atoms with Gasteiger partial charge in [0.2, 0.25) is 5.91 Å². The molecule has 0 saturated heterocycles.